The Labute approximate surface area is 86.4 Å². The van der Waals surface area contributed by atoms with E-state index in [-0.39, 0.29) is 0 Å². The molecule has 0 fully saturated rings. The molecule has 0 bridgehead atoms. The van der Waals surface area contributed by atoms with E-state index in [1.165, 1.54) is 11.3 Å². The fourth-order valence-corrected chi connectivity index (χ4v) is 2.92. The van der Waals surface area contributed by atoms with Crippen molar-refractivity contribution >= 4 is 44.1 Å². The lowest BCUT2D eigenvalue weighted by Gasteiger charge is -1.87. The number of halogens is 1. The molecule has 1 unspecified atom stereocenters. The van der Waals surface area contributed by atoms with Crippen LogP contribution in [0.15, 0.2) is 28.5 Å². The van der Waals surface area contributed by atoms with Crippen molar-refractivity contribution in [3.05, 3.63) is 29.3 Å². The second-order valence-corrected chi connectivity index (χ2v) is 5.21. The van der Waals surface area contributed by atoms with Crippen molar-refractivity contribution < 1.29 is 8.76 Å². The van der Waals surface area contributed by atoms with E-state index in [2.05, 4.69) is 0 Å². The summed E-state index contributed by atoms with van der Waals surface area (Å²) in [5.74, 6) is 0. The van der Waals surface area contributed by atoms with Gasteiger partial charge in [-0.05, 0) is 23.6 Å². The van der Waals surface area contributed by atoms with E-state index in [1.807, 2.05) is 6.07 Å². The number of hydrogen-bond acceptors (Lipinski definition) is 2. The Morgan fingerprint density at radius 2 is 2.15 bits per heavy atom. The van der Waals surface area contributed by atoms with Gasteiger partial charge in [-0.3, -0.25) is 0 Å². The first-order chi connectivity index (χ1) is 6.16. The maximum atomic E-state index is 10.7. The first kappa shape index (κ1) is 9.15. The van der Waals surface area contributed by atoms with Crippen molar-refractivity contribution in [3.8, 4) is 0 Å². The highest BCUT2D eigenvalue weighted by molar-refractivity contribution is 7.82. The van der Waals surface area contributed by atoms with Crippen LogP contribution < -0.4 is 0 Å². The van der Waals surface area contributed by atoms with Gasteiger partial charge < -0.3 is 4.55 Å². The first-order valence-corrected chi connectivity index (χ1v) is 5.77. The second-order valence-electron chi connectivity index (χ2n) is 2.50. The molecule has 1 N–H and O–H groups in total. The molecule has 0 spiro atoms. The van der Waals surface area contributed by atoms with E-state index in [0.29, 0.717) is 9.23 Å². The van der Waals surface area contributed by atoms with Gasteiger partial charge in [-0.1, -0.05) is 17.7 Å². The predicted molar refractivity (Wildman–Crippen MR) is 55.9 cm³/mol. The molecular formula is C8H5ClO2S2. The van der Waals surface area contributed by atoms with Crippen LogP contribution in [0.2, 0.25) is 5.02 Å². The molecule has 2 aromatic rings. The molecule has 0 saturated carbocycles. The zero-order chi connectivity index (χ0) is 9.42. The standard InChI is InChI=1S/C8H5ClO2S2/c9-6-2-1-5-3-8(13(10)11)12-7(5)4-6/h1-4H,(H,10,11). The van der Waals surface area contributed by atoms with E-state index in [4.69, 9.17) is 16.2 Å². The van der Waals surface area contributed by atoms with E-state index in [1.54, 1.807) is 18.2 Å². The summed E-state index contributed by atoms with van der Waals surface area (Å²) in [5.41, 5.74) is 0. The third kappa shape index (κ3) is 1.76. The molecule has 0 aliphatic rings. The van der Waals surface area contributed by atoms with Crippen LogP contribution in [0.5, 0.6) is 0 Å². The molecule has 1 aromatic carbocycles. The molecule has 68 valence electrons. The van der Waals surface area contributed by atoms with Crippen LogP contribution in [0.4, 0.5) is 0 Å². The molecule has 0 radical (unpaired) electrons. The summed E-state index contributed by atoms with van der Waals surface area (Å²) in [5, 5.41) is 1.59. The van der Waals surface area contributed by atoms with Crippen molar-refractivity contribution in [1.29, 1.82) is 0 Å². The first-order valence-electron chi connectivity index (χ1n) is 3.47. The summed E-state index contributed by atoms with van der Waals surface area (Å²) in [4.78, 5) is 0. The summed E-state index contributed by atoms with van der Waals surface area (Å²) in [7, 11) is 0. The maximum Gasteiger partial charge on any atom is 0.196 e. The smallest absolute Gasteiger partial charge is 0.196 e. The quantitative estimate of drug-likeness (QED) is 0.767. The van der Waals surface area contributed by atoms with Gasteiger partial charge >= 0.3 is 0 Å². The molecule has 5 heteroatoms. The Balaban J connectivity index is 2.68. The van der Waals surface area contributed by atoms with Crippen LogP contribution in [-0.4, -0.2) is 8.76 Å². The summed E-state index contributed by atoms with van der Waals surface area (Å²) in [6.07, 6.45) is 0. The highest BCUT2D eigenvalue weighted by atomic mass is 35.5. The molecule has 1 heterocycles. The average Bonchev–Trinajstić information content (AvgIpc) is 2.46. The average molecular weight is 233 g/mol. The summed E-state index contributed by atoms with van der Waals surface area (Å²) < 4.78 is 21.0. The Bertz CT molecular complexity index is 478. The van der Waals surface area contributed by atoms with Gasteiger partial charge in [-0.2, -0.15) is 0 Å². The van der Waals surface area contributed by atoms with Gasteiger partial charge in [-0.15, -0.1) is 11.3 Å². The molecule has 0 aliphatic heterocycles. The van der Waals surface area contributed by atoms with E-state index < -0.39 is 11.1 Å². The summed E-state index contributed by atoms with van der Waals surface area (Å²) >= 11 is 5.17. The monoisotopic (exact) mass is 232 g/mol. The minimum absolute atomic E-state index is 0.456. The predicted octanol–water partition coefficient (Wildman–Crippen LogP) is 3.14. The lowest BCUT2D eigenvalue weighted by atomic mass is 10.3. The van der Waals surface area contributed by atoms with Gasteiger partial charge in [0.1, 0.15) is 4.21 Å². The van der Waals surface area contributed by atoms with Crippen LogP contribution in [0.1, 0.15) is 0 Å². The van der Waals surface area contributed by atoms with Crippen molar-refractivity contribution in [3.63, 3.8) is 0 Å². The molecule has 0 amide bonds. The molecule has 2 nitrogen and oxygen atoms in total. The molecule has 1 atom stereocenters. The van der Waals surface area contributed by atoms with E-state index in [0.717, 1.165) is 10.1 Å². The van der Waals surface area contributed by atoms with Gasteiger partial charge in [0.15, 0.2) is 11.1 Å². The normalized spacial score (nSPS) is 13.4. The molecule has 0 aliphatic carbocycles. The number of fused-ring (bicyclic) bond motifs is 1. The Hall–Kier alpha value is -0.420. The lowest BCUT2D eigenvalue weighted by Crippen LogP contribution is -1.79. The highest BCUT2D eigenvalue weighted by Crippen LogP contribution is 2.29. The Kier molecular flexibility index (Phi) is 2.38. The van der Waals surface area contributed by atoms with E-state index in [9.17, 15) is 4.21 Å². The highest BCUT2D eigenvalue weighted by Gasteiger charge is 2.05. The third-order valence-electron chi connectivity index (χ3n) is 1.63. The van der Waals surface area contributed by atoms with Crippen LogP contribution in [0.3, 0.4) is 0 Å². The van der Waals surface area contributed by atoms with Crippen LogP contribution in [-0.2, 0) is 11.1 Å². The van der Waals surface area contributed by atoms with E-state index >= 15 is 0 Å². The van der Waals surface area contributed by atoms with Gasteiger partial charge in [0.05, 0.1) is 0 Å². The summed E-state index contributed by atoms with van der Waals surface area (Å²) in [6.45, 7) is 0. The lowest BCUT2D eigenvalue weighted by molar-refractivity contribution is 0.566. The fourth-order valence-electron chi connectivity index (χ4n) is 1.07. The second kappa shape index (κ2) is 3.38. The van der Waals surface area contributed by atoms with Crippen molar-refractivity contribution in [2.24, 2.45) is 0 Å². The maximum absolute atomic E-state index is 10.7. The van der Waals surface area contributed by atoms with Crippen LogP contribution in [0, 0.1) is 0 Å². The Morgan fingerprint density at radius 1 is 1.38 bits per heavy atom. The van der Waals surface area contributed by atoms with Crippen molar-refractivity contribution in [2.45, 2.75) is 4.21 Å². The minimum Gasteiger partial charge on any atom is -0.302 e. The zero-order valence-electron chi connectivity index (χ0n) is 6.36. The topological polar surface area (TPSA) is 37.3 Å². The molecule has 1 aromatic heterocycles. The molecule has 0 saturated heterocycles. The summed E-state index contributed by atoms with van der Waals surface area (Å²) in [6, 6.07) is 7.09. The minimum atomic E-state index is -1.89. The number of hydrogen-bond donors (Lipinski definition) is 1. The van der Waals surface area contributed by atoms with Gasteiger partial charge in [0.25, 0.3) is 0 Å². The van der Waals surface area contributed by atoms with Crippen molar-refractivity contribution in [1.82, 2.24) is 0 Å². The molecule has 2 rings (SSSR count). The number of rotatable bonds is 1. The largest absolute Gasteiger partial charge is 0.302 e. The molecular weight excluding hydrogens is 228 g/mol. The van der Waals surface area contributed by atoms with Crippen LogP contribution >= 0.6 is 22.9 Å². The SMILES string of the molecule is O=S(O)c1cc2ccc(Cl)cc2s1. The number of benzene rings is 1. The Morgan fingerprint density at radius 3 is 2.85 bits per heavy atom. The van der Waals surface area contributed by atoms with Crippen LogP contribution in [0.25, 0.3) is 10.1 Å². The molecule has 13 heavy (non-hydrogen) atoms. The van der Waals surface area contributed by atoms with Gasteiger partial charge in [-0.25, -0.2) is 4.21 Å². The fraction of sp³-hybridized carbons (Fsp3) is 0. The third-order valence-corrected chi connectivity index (χ3v) is 3.90. The zero-order valence-corrected chi connectivity index (χ0v) is 8.75. The van der Waals surface area contributed by atoms with Gasteiger partial charge in [0.2, 0.25) is 0 Å². The van der Waals surface area contributed by atoms with Crippen molar-refractivity contribution in [2.75, 3.05) is 0 Å². The van der Waals surface area contributed by atoms with Gasteiger partial charge in [0, 0.05) is 9.72 Å². The number of thiophene rings is 1.